The van der Waals surface area contributed by atoms with Gasteiger partial charge >= 0.3 is 0 Å². The van der Waals surface area contributed by atoms with E-state index in [9.17, 15) is 0 Å². The van der Waals surface area contributed by atoms with Gasteiger partial charge in [-0.15, -0.1) is 0 Å². The first-order chi connectivity index (χ1) is 27.3. The highest BCUT2D eigenvalue weighted by molar-refractivity contribution is 6.07. The summed E-state index contributed by atoms with van der Waals surface area (Å²) in [6.45, 7) is 0. The van der Waals surface area contributed by atoms with Gasteiger partial charge in [-0.05, 0) is 113 Å². The molecular formula is C54H32O. The molecule has 0 saturated heterocycles. The third kappa shape index (κ3) is 3.46. The maximum Gasteiger partial charge on any atom is 0.132 e. The normalized spacial score (nSPS) is 16.7. The Kier molecular flexibility index (Phi) is 5.56. The Balaban J connectivity index is 1.10. The summed E-state index contributed by atoms with van der Waals surface area (Å²) in [6.07, 6.45) is 0. The Labute approximate surface area is 319 Å². The minimum absolute atomic E-state index is 0.465. The van der Waals surface area contributed by atoms with Crippen LogP contribution in [0, 0.1) is 0 Å². The van der Waals surface area contributed by atoms with Crippen molar-refractivity contribution in [3.8, 4) is 56.0 Å². The lowest BCUT2D eigenvalue weighted by atomic mass is 9.61. The van der Waals surface area contributed by atoms with E-state index in [2.05, 4.69) is 194 Å². The van der Waals surface area contributed by atoms with Crippen molar-refractivity contribution in [3.05, 3.63) is 239 Å². The SMILES string of the molecule is c1ccc2c(c1)Oc1ccc(-c3ccc4c(c3)C3(c5ccccc5-4)c4ccccc4-c4cccc5cccc3c45)cc1C21c2ccccc2-c2ccccc21. The summed E-state index contributed by atoms with van der Waals surface area (Å²) in [7, 11) is 0. The van der Waals surface area contributed by atoms with Crippen molar-refractivity contribution >= 4 is 10.8 Å². The molecule has 0 radical (unpaired) electrons. The van der Waals surface area contributed by atoms with Gasteiger partial charge in [-0.1, -0.05) is 170 Å². The van der Waals surface area contributed by atoms with Gasteiger partial charge in [0, 0.05) is 11.1 Å². The quantitative estimate of drug-likeness (QED) is 0.166. The van der Waals surface area contributed by atoms with Gasteiger partial charge < -0.3 is 4.74 Å². The highest BCUT2D eigenvalue weighted by Crippen LogP contribution is 2.64. The van der Waals surface area contributed by atoms with E-state index in [0.29, 0.717) is 0 Å². The molecule has 1 atom stereocenters. The molecule has 1 aliphatic heterocycles. The van der Waals surface area contributed by atoms with Crippen LogP contribution in [0.25, 0.3) is 55.3 Å². The van der Waals surface area contributed by atoms with Crippen LogP contribution >= 0.6 is 0 Å². The van der Waals surface area contributed by atoms with Crippen LogP contribution in [0.3, 0.4) is 0 Å². The predicted octanol–water partition coefficient (Wildman–Crippen LogP) is 13.3. The summed E-state index contributed by atoms with van der Waals surface area (Å²) in [5.74, 6) is 1.82. The van der Waals surface area contributed by atoms with Crippen LogP contribution in [0.1, 0.15) is 44.5 Å². The van der Waals surface area contributed by atoms with E-state index in [0.717, 1.165) is 11.5 Å². The second-order valence-corrected chi connectivity index (χ2v) is 15.5. The van der Waals surface area contributed by atoms with Crippen LogP contribution in [-0.2, 0) is 10.8 Å². The number of benzene rings is 9. The third-order valence-corrected chi connectivity index (χ3v) is 13.2. The van der Waals surface area contributed by atoms with Crippen LogP contribution in [0.2, 0.25) is 0 Å². The topological polar surface area (TPSA) is 9.23 Å². The molecular weight excluding hydrogens is 665 g/mol. The maximum atomic E-state index is 6.80. The zero-order valence-corrected chi connectivity index (χ0v) is 29.9. The largest absolute Gasteiger partial charge is 0.457 e. The molecule has 13 rings (SSSR count). The second-order valence-electron chi connectivity index (χ2n) is 15.5. The fourth-order valence-corrected chi connectivity index (χ4v) is 11.1. The van der Waals surface area contributed by atoms with E-state index < -0.39 is 10.8 Å². The second kappa shape index (κ2) is 10.4. The molecule has 1 nitrogen and oxygen atoms in total. The van der Waals surface area contributed by atoms with Gasteiger partial charge in [0.25, 0.3) is 0 Å². The Morgan fingerprint density at radius 2 is 0.691 bits per heavy atom. The highest BCUT2D eigenvalue weighted by Gasteiger charge is 2.52. The molecule has 9 aromatic rings. The molecule has 9 aromatic carbocycles. The molecule has 55 heavy (non-hydrogen) atoms. The summed E-state index contributed by atoms with van der Waals surface area (Å²) >= 11 is 0. The maximum absolute atomic E-state index is 6.80. The minimum Gasteiger partial charge on any atom is -0.457 e. The van der Waals surface area contributed by atoms with E-state index in [1.165, 1.54) is 99.8 Å². The molecule has 1 heteroatoms. The van der Waals surface area contributed by atoms with E-state index in [1.807, 2.05) is 0 Å². The summed E-state index contributed by atoms with van der Waals surface area (Å²) in [5.41, 5.74) is 19.6. The van der Waals surface area contributed by atoms with Crippen LogP contribution in [-0.4, -0.2) is 0 Å². The molecule has 2 spiro atoms. The molecule has 254 valence electrons. The van der Waals surface area contributed by atoms with Gasteiger partial charge in [0.1, 0.15) is 11.5 Å². The third-order valence-electron chi connectivity index (χ3n) is 13.2. The highest BCUT2D eigenvalue weighted by atomic mass is 16.5. The van der Waals surface area contributed by atoms with Gasteiger partial charge in [0.2, 0.25) is 0 Å². The van der Waals surface area contributed by atoms with Gasteiger partial charge in [-0.2, -0.15) is 0 Å². The van der Waals surface area contributed by atoms with Gasteiger partial charge in [-0.3, -0.25) is 0 Å². The molecule has 0 saturated carbocycles. The fraction of sp³-hybridized carbons (Fsp3) is 0.0370. The molecule has 0 aromatic heterocycles. The molecule has 1 unspecified atom stereocenters. The van der Waals surface area contributed by atoms with Crippen molar-refractivity contribution < 1.29 is 4.74 Å². The van der Waals surface area contributed by atoms with E-state index >= 15 is 0 Å². The van der Waals surface area contributed by atoms with Crippen molar-refractivity contribution in [3.63, 3.8) is 0 Å². The molecule has 3 aliphatic carbocycles. The smallest absolute Gasteiger partial charge is 0.132 e. The molecule has 0 amide bonds. The van der Waals surface area contributed by atoms with Gasteiger partial charge in [0.05, 0.1) is 10.8 Å². The zero-order valence-electron chi connectivity index (χ0n) is 29.9. The number of fused-ring (bicyclic) bond motifs is 18. The van der Waals surface area contributed by atoms with Crippen LogP contribution in [0.15, 0.2) is 194 Å². The van der Waals surface area contributed by atoms with Crippen molar-refractivity contribution in [1.82, 2.24) is 0 Å². The average Bonchev–Trinajstić information content (AvgIpc) is 3.71. The number of para-hydroxylation sites is 1. The summed E-state index contributed by atoms with van der Waals surface area (Å²) in [4.78, 5) is 0. The summed E-state index contributed by atoms with van der Waals surface area (Å²) in [6, 6.07) is 72.5. The lowest BCUT2D eigenvalue weighted by molar-refractivity contribution is 0.436. The van der Waals surface area contributed by atoms with E-state index in [1.54, 1.807) is 0 Å². The Bertz CT molecular complexity index is 3100. The molecule has 0 fully saturated rings. The number of hydrogen-bond donors (Lipinski definition) is 0. The van der Waals surface area contributed by atoms with E-state index in [-0.39, 0.29) is 0 Å². The van der Waals surface area contributed by atoms with Crippen LogP contribution < -0.4 is 4.74 Å². The first kappa shape index (κ1) is 29.5. The summed E-state index contributed by atoms with van der Waals surface area (Å²) in [5, 5.41) is 2.63. The number of hydrogen-bond acceptors (Lipinski definition) is 1. The van der Waals surface area contributed by atoms with Gasteiger partial charge in [-0.25, -0.2) is 0 Å². The van der Waals surface area contributed by atoms with Crippen LogP contribution in [0.5, 0.6) is 11.5 Å². The lowest BCUT2D eigenvalue weighted by Crippen LogP contribution is -2.32. The molecule has 4 aliphatic rings. The Morgan fingerprint density at radius 3 is 1.33 bits per heavy atom. The minimum atomic E-state index is -0.511. The first-order valence-electron chi connectivity index (χ1n) is 19.3. The van der Waals surface area contributed by atoms with Crippen molar-refractivity contribution in [2.45, 2.75) is 10.8 Å². The van der Waals surface area contributed by atoms with Crippen molar-refractivity contribution in [1.29, 1.82) is 0 Å². The molecule has 1 heterocycles. The first-order valence-corrected chi connectivity index (χ1v) is 19.3. The van der Waals surface area contributed by atoms with E-state index in [4.69, 9.17) is 4.74 Å². The lowest BCUT2D eigenvalue weighted by Gasteiger charge is -2.40. The predicted molar refractivity (Wildman–Crippen MR) is 223 cm³/mol. The Morgan fingerprint density at radius 1 is 0.273 bits per heavy atom. The van der Waals surface area contributed by atoms with Gasteiger partial charge in [0.15, 0.2) is 0 Å². The number of rotatable bonds is 1. The van der Waals surface area contributed by atoms with Crippen LogP contribution in [0.4, 0.5) is 0 Å². The molecule has 0 bridgehead atoms. The average molecular weight is 697 g/mol. The standard InChI is InChI=1S/C54H32O/c1-5-20-42-36(15-1)37-16-2-6-21-43(37)53(42)46-24-9-10-26-50(46)55-51-30-28-35(32-49(51)53)34-27-29-40-38-17-3-7-22-44(38)54(48(40)31-34)45-23-8-4-18-39(45)41-19-11-13-33-14-12-25-47(54)52(33)41/h1-32H. The van der Waals surface area contributed by atoms with Crippen molar-refractivity contribution in [2.75, 3.05) is 0 Å². The summed E-state index contributed by atoms with van der Waals surface area (Å²) < 4.78 is 6.80. The fourth-order valence-electron chi connectivity index (χ4n) is 11.1. The molecule has 0 N–H and O–H groups in total. The number of ether oxygens (including phenoxy) is 1. The zero-order chi connectivity index (χ0) is 35.9. The monoisotopic (exact) mass is 696 g/mol. The Hall–Kier alpha value is -6.96. The van der Waals surface area contributed by atoms with Crippen molar-refractivity contribution in [2.24, 2.45) is 0 Å².